The molecule has 0 fully saturated rings. The molecule has 0 bridgehead atoms. The number of carbonyl (C=O) groups is 1. The maximum atomic E-state index is 10.1. The topological polar surface area (TPSA) is 49.3 Å². The number of nitrogens with one attached hydrogen (secondary N) is 1. The van der Waals surface area contributed by atoms with Crippen LogP contribution in [0.15, 0.2) is 0 Å². The molecule has 0 aromatic heterocycles. The molecule has 0 aromatic carbocycles. The van der Waals surface area contributed by atoms with Crippen molar-refractivity contribution in [1.29, 1.82) is 0 Å². The molecule has 2 atom stereocenters. The van der Waals surface area contributed by atoms with Crippen LogP contribution in [0.5, 0.6) is 0 Å². The van der Waals surface area contributed by atoms with E-state index in [0.29, 0.717) is 0 Å². The second-order valence-electron chi connectivity index (χ2n) is 1.90. The lowest BCUT2D eigenvalue weighted by molar-refractivity contribution is -0.139. The van der Waals surface area contributed by atoms with Crippen molar-refractivity contribution in [2.24, 2.45) is 0 Å². The molecular weight excluding hydrogens is 138 g/mol. The Morgan fingerprint density at radius 2 is 2.11 bits per heavy atom. The molecule has 0 saturated heterocycles. The molecule has 9 heavy (non-hydrogen) atoms. The van der Waals surface area contributed by atoms with Crippen LogP contribution in [0, 0.1) is 0 Å². The molecule has 0 amide bonds. The highest BCUT2D eigenvalue weighted by Gasteiger charge is 2.10. The predicted octanol–water partition coefficient (Wildman–Crippen LogP) is 0.325. The van der Waals surface area contributed by atoms with E-state index in [0.717, 1.165) is 0 Å². The van der Waals surface area contributed by atoms with Crippen molar-refractivity contribution in [3.63, 3.8) is 0 Å². The summed E-state index contributed by atoms with van der Waals surface area (Å²) in [6.07, 6.45) is 0. The molecule has 0 spiro atoms. The van der Waals surface area contributed by atoms with E-state index in [9.17, 15) is 4.79 Å². The summed E-state index contributed by atoms with van der Waals surface area (Å²) in [5, 5.41) is 11.0. The van der Waals surface area contributed by atoms with Crippen molar-refractivity contribution in [3.8, 4) is 0 Å². The van der Waals surface area contributed by atoms with Crippen molar-refractivity contribution in [1.82, 2.24) is 5.32 Å². The van der Waals surface area contributed by atoms with Crippen molar-refractivity contribution in [2.45, 2.75) is 25.3 Å². The maximum Gasteiger partial charge on any atom is 0.320 e. The minimum Gasteiger partial charge on any atom is -0.480 e. The van der Waals surface area contributed by atoms with Gasteiger partial charge in [-0.05, 0) is 13.8 Å². The normalized spacial score (nSPS) is 16.8. The van der Waals surface area contributed by atoms with Crippen LogP contribution in [0.3, 0.4) is 0 Å². The quantitative estimate of drug-likeness (QED) is 0.400. The van der Waals surface area contributed by atoms with Crippen molar-refractivity contribution in [3.05, 3.63) is 0 Å². The van der Waals surface area contributed by atoms with Gasteiger partial charge in [0.1, 0.15) is 6.04 Å². The van der Waals surface area contributed by atoms with E-state index in [4.69, 9.17) is 5.11 Å². The van der Waals surface area contributed by atoms with Crippen LogP contribution in [-0.4, -0.2) is 22.5 Å². The number of rotatable bonds is 3. The van der Waals surface area contributed by atoms with Crippen LogP contribution >= 0.6 is 12.6 Å². The highest BCUT2D eigenvalue weighted by Crippen LogP contribution is 1.89. The van der Waals surface area contributed by atoms with Gasteiger partial charge in [0, 0.05) is 5.37 Å². The molecule has 0 rings (SSSR count). The summed E-state index contributed by atoms with van der Waals surface area (Å²) in [6, 6.07) is -0.516. The summed E-state index contributed by atoms with van der Waals surface area (Å²) in [7, 11) is 0. The molecule has 0 aromatic rings. The molecule has 4 heteroatoms. The standard InChI is InChI=1S/C5H11NO2S/c1-3(5(7)8)6-4(2)9/h3-4,6,9H,1-2H3,(H,7,8). The van der Waals surface area contributed by atoms with Gasteiger partial charge in [0.15, 0.2) is 0 Å². The number of aliphatic carboxylic acids is 1. The fourth-order valence-electron chi connectivity index (χ4n) is 0.433. The summed E-state index contributed by atoms with van der Waals surface area (Å²) >= 11 is 3.96. The number of hydrogen-bond acceptors (Lipinski definition) is 3. The molecule has 0 heterocycles. The zero-order valence-electron chi connectivity index (χ0n) is 5.46. The zero-order valence-corrected chi connectivity index (χ0v) is 6.35. The highest BCUT2D eigenvalue weighted by molar-refractivity contribution is 7.80. The van der Waals surface area contributed by atoms with Crippen LogP contribution in [0.2, 0.25) is 0 Å². The third-order valence-corrected chi connectivity index (χ3v) is 1.01. The first-order chi connectivity index (χ1) is 4.04. The third kappa shape index (κ3) is 4.29. The fourth-order valence-corrected chi connectivity index (χ4v) is 0.657. The largest absolute Gasteiger partial charge is 0.480 e. The summed E-state index contributed by atoms with van der Waals surface area (Å²) < 4.78 is 0. The lowest BCUT2D eigenvalue weighted by atomic mass is 10.3. The Hall–Kier alpha value is -0.220. The third-order valence-electron chi connectivity index (χ3n) is 0.862. The Morgan fingerprint density at radius 3 is 2.22 bits per heavy atom. The van der Waals surface area contributed by atoms with Gasteiger partial charge in [-0.25, -0.2) is 0 Å². The van der Waals surface area contributed by atoms with E-state index >= 15 is 0 Å². The van der Waals surface area contributed by atoms with Crippen molar-refractivity contribution < 1.29 is 9.90 Å². The fraction of sp³-hybridized carbons (Fsp3) is 0.800. The second kappa shape index (κ2) is 3.74. The molecule has 0 radical (unpaired) electrons. The van der Waals surface area contributed by atoms with Gasteiger partial charge in [-0.1, -0.05) is 0 Å². The minimum atomic E-state index is -0.851. The van der Waals surface area contributed by atoms with E-state index in [2.05, 4.69) is 17.9 Å². The molecule has 2 N–H and O–H groups in total. The van der Waals surface area contributed by atoms with Crippen LogP contribution in [-0.2, 0) is 4.79 Å². The summed E-state index contributed by atoms with van der Waals surface area (Å²) in [6.45, 7) is 3.36. The van der Waals surface area contributed by atoms with Crippen LogP contribution in [0.4, 0.5) is 0 Å². The first-order valence-corrected chi connectivity index (χ1v) is 3.22. The Kier molecular flexibility index (Phi) is 3.65. The zero-order chi connectivity index (χ0) is 7.44. The van der Waals surface area contributed by atoms with E-state index in [1.165, 1.54) is 0 Å². The summed E-state index contributed by atoms with van der Waals surface area (Å²) in [4.78, 5) is 10.1. The average molecular weight is 149 g/mol. The van der Waals surface area contributed by atoms with Crippen LogP contribution in [0.1, 0.15) is 13.8 Å². The van der Waals surface area contributed by atoms with Crippen molar-refractivity contribution in [2.75, 3.05) is 0 Å². The molecule has 2 unspecified atom stereocenters. The smallest absolute Gasteiger partial charge is 0.320 e. The molecule has 0 aliphatic rings. The number of carboxylic acids is 1. The summed E-state index contributed by atoms with van der Waals surface area (Å²) in [5.41, 5.74) is 0. The SMILES string of the molecule is CC(S)NC(C)C(=O)O. The Morgan fingerprint density at radius 1 is 1.67 bits per heavy atom. The molecule has 3 nitrogen and oxygen atoms in total. The number of carboxylic acid groups (broad SMARTS) is 1. The van der Waals surface area contributed by atoms with Gasteiger partial charge in [-0.15, -0.1) is 0 Å². The molecule has 0 aliphatic heterocycles. The monoisotopic (exact) mass is 149 g/mol. The maximum absolute atomic E-state index is 10.1. The highest BCUT2D eigenvalue weighted by atomic mass is 32.1. The Bertz CT molecular complexity index is 105. The average Bonchev–Trinajstić information content (AvgIpc) is 1.63. The molecule has 0 saturated carbocycles. The Balaban J connectivity index is 3.50. The van der Waals surface area contributed by atoms with E-state index in [-0.39, 0.29) is 5.37 Å². The lowest BCUT2D eigenvalue weighted by Crippen LogP contribution is -2.37. The van der Waals surface area contributed by atoms with Crippen LogP contribution in [0.25, 0.3) is 0 Å². The van der Waals surface area contributed by atoms with Gasteiger partial charge in [0.2, 0.25) is 0 Å². The number of thiol groups is 1. The molecule has 0 aliphatic carbocycles. The molecular formula is C5H11NO2S. The first kappa shape index (κ1) is 8.78. The van der Waals surface area contributed by atoms with E-state index < -0.39 is 12.0 Å². The van der Waals surface area contributed by atoms with Gasteiger partial charge < -0.3 is 5.11 Å². The minimum absolute atomic E-state index is 0.0731. The second-order valence-corrected chi connectivity index (χ2v) is 2.68. The summed E-state index contributed by atoms with van der Waals surface area (Å²) in [5.74, 6) is -0.851. The van der Waals surface area contributed by atoms with E-state index in [1.807, 2.05) is 0 Å². The first-order valence-electron chi connectivity index (χ1n) is 2.71. The Labute approximate surface area is 59.9 Å². The van der Waals surface area contributed by atoms with Crippen LogP contribution < -0.4 is 5.32 Å². The van der Waals surface area contributed by atoms with Gasteiger partial charge in [0.25, 0.3) is 0 Å². The van der Waals surface area contributed by atoms with Gasteiger partial charge in [-0.3, -0.25) is 10.1 Å². The van der Waals surface area contributed by atoms with E-state index in [1.54, 1.807) is 13.8 Å². The predicted molar refractivity (Wildman–Crippen MR) is 38.7 cm³/mol. The van der Waals surface area contributed by atoms with Gasteiger partial charge in [0.05, 0.1) is 0 Å². The van der Waals surface area contributed by atoms with Gasteiger partial charge >= 0.3 is 5.97 Å². The van der Waals surface area contributed by atoms with Gasteiger partial charge in [-0.2, -0.15) is 12.6 Å². The van der Waals surface area contributed by atoms with Crippen molar-refractivity contribution >= 4 is 18.6 Å². The molecule has 54 valence electrons. The number of hydrogen-bond donors (Lipinski definition) is 3. The lowest BCUT2D eigenvalue weighted by Gasteiger charge is -2.10.